The Labute approximate surface area is 143 Å². The maximum absolute atomic E-state index is 12.4. The minimum absolute atomic E-state index is 0.111. The van der Waals surface area contributed by atoms with E-state index >= 15 is 0 Å². The molecule has 0 saturated heterocycles. The molecule has 0 aliphatic heterocycles. The van der Waals surface area contributed by atoms with Crippen LogP contribution in [0.5, 0.6) is 0 Å². The Balaban J connectivity index is 1.97. The van der Waals surface area contributed by atoms with Gasteiger partial charge in [0, 0.05) is 16.4 Å². The number of rotatable bonds is 5. The van der Waals surface area contributed by atoms with Gasteiger partial charge in [-0.3, -0.25) is 4.79 Å². The first-order valence-electron chi connectivity index (χ1n) is 8.57. The van der Waals surface area contributed by atoms with Crippen molar-refractivity contribution in [3.63, 3.8) is 0 Å². The zero-order chi connectivity index (χ0) is 16.1. The molecule has 1 aliphatic rings. The quantitative estimate of drug-likeness (QED) is 0.739. The fourth-order valence-corrected chi connectivity index (χ4v) is 3.69. The van der Waals surface area contributed by atoms with Gasteiger partial charge >= 0.3 is 0 Å². The summed E-state index contributed by atoms with van der Waals surface area (Å²) >= 11 is 3.56. The van der Waals surface area contributed by atoms with E-state index in [-0.39, 0.29) is 17.9 Å². The van der Waals surface area contributed by atoms with Crippen molar-refractivity contribution in [3.05, 3.63) is 33.8 Å². The first kappa shape index (κ1) is 17.5. The van der Waals surface area contributed by atoms with Crippen LogP contribution >= 0.6 is 15.9 Å². The smallest absolute Gasteiger partial charge is 0.223 e. The van der Waals surface area contributed by atoms with E-state index in [1.165, 1.54) is 11.1 Å². The molecule has 3 unspecified atom stereocenters. The molecule has 1 amide bonds. The molecule has 0 spiro atoms. The zero-order valence-corrected chi connectivity index (χ0v) is 15.6. The summed E-state index contributed by atoms with van der Waals surface area (Å²) in [6, 6.07) is 6.83. The normalized spacial score (nSPS) is 20.6. The molecule has 1 aromatic carbocycles. The average molecular weight is 366 g/mol. The molecule has 1 N–H and O–H groups in total. The van der Waals surface area contributed by atoms with E-state index in [4.69, 9.17) is 0 Å². The zero-order valence-electron chi connectivity index (χ0n) is 14.0. The number of hydrogen-bond donors (Lipinski definition) is 1. The maximum atomic E-state index is 12.4. The van der Waals surface area contributed by atoms with E-state index in [1.54, 1.807) is 0 Å². The van der Waals surface area contributed by atoms with Gasteiger partial charge in [-0.1, -0.05) is 49.2 Å². The van der Waals surface area contributed by atoms with Crippen LogP contribution in [-0.2, 0) is 17.6 Å². The summed E-state index contributed by atoms with van der Waals surface area (Å²) in [4.78, 5) is 12.4. The van der Waals surface area contributed by atoms with Gasteiger partial charge in [-0.2, -0.15) is 0 Å². The monoisotopic (exact) mass is 365 g/mol. The fraction of sp³-hybridized carbons (Fsp3) is 0.632. The molecule has 2 rings (SSSR count). The predicted molar refractivity (Wildman–Crippen MR) is 96.0 cm³/mol. The predicted octanol–water partition coefficient (Wildman–Crippen LogP) is 4.89. The largest absolute Gasteiger partial charge is 0.353 e. The van der Waals surface area contributed by atoms with Gasteiger partial charge < -0.3 is 5.32 Å². The lowest BCUT2D eigenvalue weighted by Gasteiger charge is -2.21. The summed E-state index contributed by atoms with van der Waals surface area (Å²) in [5.41, 5.74) is 2.82. The van der Waals surface area contributed by atoms with Crippen LogP contribution in [0, 0.1) is 11.8 Å². The molecule has 1 aromatic rings. The molecule has 0 saturated carbocycles. The van der Waals surface area contributed by atoms with Crippen LogP contribution in [0.1, 0.15) is 57.6 Å². The lowest BCUT2D eigenvalue weighted by Crippen LogP contribution is -2.39. The highest BCUT2D eigenvalue weighted by atomic mass is 79.9. The summed E-state index contributed by atoms with van der Waals surface area (Å²) < 4.78 is 1.13. The van der Waals surface area contributed by atoms with Crippen molar-refractivity contribution >= 4 is 21.8 Å². The van der Waals surface area contributed by atoms with E-state index in [9.17, 15) is 4.79 Å². The van der Waals surface area contributed by atoms with Gasteiger partial charge in [0.1, 0.15) is 0 Å². The number of benzene rings is 1. The number of carbonyl (C=O) groups is 1. The van der Waals surface area contributed by atoms with Crippen LogP contribution in [0.3, 0.4) is 0 Å². The molecule has 0 bridgehead atoms. The number of fused-ring (bicyclic) bond motifs is 1. The van der Waals surface area contributed by atoms with E-state index in [0.717, 1.165) is 43.0 Å². The Kier molecular flexibility index (Phi) is 6.49. The number of aryl methyl sites for hydroxylation is 1. The minimum atomic E-state index is 0.111. The highest BCUT2D eigenvalue weighted by Crippen LogP contribution is 2.24. The van der Waals surface area contributed by atoms with Crippen LogP contribution in [0.2, 0.25) is 0 Å². The van der Waals surface area contributed by atoms with Crippen LogP contribution in [0.25, 0.3) is 0 Å². The Morgan fingerprint density at radius 1 is 1.36 bits per heavy atom. The first-order valence-corrected chi connectivity index (χ1v) is 9.36. The molecular formula is C19H28BrNO. The van der Waals surface area contributed by atoms with Crippen LogP contribution in [-0.4, -0.2) is 11.9 Å². The number of amides is 1. The number of halogens is 1. The van der Waals surface area contributed by atoms with Crippen molar-refractivity contribution in [1.29, 1.82) is 0 Å². The fourth-order valence-electron chi connectivity index (χ4n) is 3.28. The van der Waals surface area contributed by atoms with E-state index in [0.29, 0.717) is 5.92 Å². The molecule has 0 radical (unpaired) electrons. The topological polar surface area (TPSA) is 29.1 Å². The summed E-state index contributed by atoms with van der Waals surface area (Å²) in [7, 11) is 0. The molecule has 122 valence electrons. The van der Waals surface area contributed by atoms with E-state index in [2.05, 4.69) is 60.2 Å². The highest BCUT2D eigenvalue weighted by molar-refractivity contribution is 9.10. The van der Waals surface area contributed by atoms with Crippen molar-refractivity contribution in [2.75, 3.05) is 0 Å². The third kappa shape index (κ3) is 4.84. The third-order valence-corrected chi connectivity index (χ3v) is 5.37. The van der Waals surface area contributed by atoms with Crippen molar-refractivity contribution in [2.24, 2.45) is 11.8 Å². The maximum Gasteiger partial charge on any atom is 0.223 e. The Bertz CT molecular complexity index is 514. The van der Waals surface area contributed by atoms with Crippen molar-refractivity contribution in [3.8, 4) is 0 Å². The first-order chi connectivity index (χ1) is 10.5. The van der Waals surface area contributed by atoms with Crippen molar-refractivity contribution in [2.45, 2.75) is 65.3 Å². The Morgan fingerprint density at radius 3 is 2.86 bits per heavy atom. The van der Waals surface area contributed by atoms with Crippen LogP contribution in [0.15, 0.2) is 22.7 Å². The summed E-state index contributed by atoms with van der Waals surface area (Å²) in [6.07, 6.45) is 6.43. The van der Waals surface area contributed by atoms with Crippen LogP contribution < -0.4 is 5.32 Å². The molecular weight excluding hydrogens is 338 g/mol. The van der Waals surface area contributed by atoms with Crippen LogP contribution in [0.4, 0.5) is 0 Å². The summed E-state index contributed by atoms with van der Waals surface area (Å²) in [5.74, 6) is 0.954. The number of hydrogen-bond acceptors (Lipinski definition) is 1. The number of carbonyl (C=O) groups excluding carboxylic acids is 1. The van der Waals surface area contributed by atoms with E-state index < -0.39 is 0 Å². The second-order valence-corrected chi connectivity index (χ2v) is 7.78. The Hall–Kier alpha value is -0.830. The molecule has 3 atom stereocenters. The van der Waals surface area contributed by atoms with Gasteiger partial charge in [0.25, 0.3) is 0 Å². The van der Waals surface area contributed by atoms with Gasteiger partial charge in [-0.05, 0) is 61.3 Å². The second kappa shape index (κ2) is 8.14. The van der Waals surface area contributed by atoms with Crippen molar-refractivity contribution < 1.29 is 4.79 Å². The SMILES string of the molecule is CCC(C)CC(C)C(=O)NC1CCCc2ccc(Br)cc2C1. The molecule has 1 aliphatic carbocycles. The molecule has 2 nitrogen and oxygen atoms in total. The molecule has 0 aromatic heterocycles. The summed E-state index contributed by atoms with van der Waals surface area (Å²) in [6.45, 7) is 6.47. The lowest BCUT2D eigenvalue weighted by molar-refractivity contribution is -0.125. The van der Waals surface area contributed by atoms with E-state index in [1.807, 2.05) is 0 Å². The molecule has 0 heterocycles. The second-order valence-electron chi connectivity index (χ2n) is 6.87. The van der Waals surface area contributed by atoms with Gasteiger partial charge in [0.2, 0.25) is 5.91 Å². The standard InChI is InChI=1S/C19H28BrNO/c1-4-13(2)10-14(3)19(22)21-18-7-5-6-15-8-9-17(20)11-16(15)12-18/h8-9,11,13-14,18H,4-7,10,12H2,1-3H3,(H,21,22). The lowest BCUT2D eigenvalue weighted by atomic mass is 9.94. The third-order valence-electron chi connectivity index (χ3n) is 4.88. The average Bonchev–Trinajstić information content (AvgIpc) is 2.68. The molecule has 0 fully saturated rings. The van der Waals surface area contributed by atoms with Gasteiger partial charge in [0.15, 0.2) is 0 Å². The van der Waals surface area contributed by atoms with Gasteiger partial charge in [0.05, 0.1) is 0 Å². The number of nitrogens with one attached hydrogen (secondary N) is 1. The van der Waals surface area contributed by atoms with Crippen molar-refractivity contribution in [1.82, 2.24) is 5.32 Å². The molecule has 3 heteroatoms. The highest BCUT2D eigenvalue weighted by Gasteiger charge is 2.22. The summed E-state index contributed by atoms with van der Waals surface area (Å²) in [5, 5.41) is 3.29. The molecule has 22 heavy (non-hydrogen) atoms. The van der Waals surface area contributed by atoms with Gasteiger partial charge in [-0.15, -0.1) is 0 Å². The van der Waals surface area contributed by atoms with Gasteiger partial charge in [-0.25, -0.2) is 0 Å². The Morgan fingerprint density at radius 2 is 2.14 bits per heavy atom. The minimum Gasteiger partial charge on any atom is -0.353 e.